The van der Waals surface area contributed by atoms with Gasteiger partial charge in [0, 0.05) is 24.4 Å². The molecule has 0 saturated carbocycles. The second kappa shape index (κ2) is 13.9. The summed E-state index contributed by atoms with van der Waals surface area (Å²) in [6, 6.07) is 11.9. The summed E-state index contributed by atoms with van der Waals surface area (Å²) in [6.07, 6.45) is 1.63. The van der Waals surface area contributed by atoms with E-state index in [0.717, 1.165) is 0 Å². The number of ether oxygens (including phenoxy) is 5. The number of carbonyl (C=O) groups excluding carboxylic acids is 2. The van der Waals surface area contributed by atoms with Crippen molar-refractivity contribution in [1.82, 2.24) is 5.48 Å². The largest absolute Gasteiger partial charge is 0.491 e. The molecule has 11 nitrogen and oxygen atoms in total. The van der Waals surface area contributed by atoms with E-state index in [4.69, 9.17) is 34.0 Å². The monoisotopic (exact) mass is 502 g/mol. The van der Waals surface area contributed by atoms with Crippen LogP contribution in [0.1, 0.15) is 31.4 Å². The number of hydrogen-bond donors (Lipinski definition) is 4. The summed E-state index contributed by atoms with van der Waals surface area (Å²) in [6.45, 7) is 2.37. The molecular weight excluding hydrogens is 472 g/mol. The third-order valence-corrected chi connectivity index (χ3v) is 5.14. The van der Waals surface area contributed by atoms with Crippen LogP contribution >= 0.6 is 0 Å². The van der Waals surface area contributed by atoms with Crippen LogP contribution in [0, 0.1) is 0 Å². The summed E-state index contributed by atoms with van der Waals surface area (Å²) < 4.78 is 27.8. The first-order valence-electron chi connectivity index (χ1n) is 11.5. The normalized spacial score (nSPS) is 13.8. The first kappa shape index (κ1) is 26.8. The quantitative estimate of drug-likeness (QED) is 0.184. The maximum atomic E-state index is 12.9. The average molecular weight is 503 g/mol. The van der Waals surface area contributed by atoms with Gasteiger partial charge in [-0.25, -0.2) is 10.3 Å². The van der Waals surface area contributed by atoms with E-state index in [9.17, 15) is 9.59 Å². The minimum absolute atomic E-state index is 0.109. The van der Waals surface area contributed by atoms with Gasteiger partial charge in [0.2, 0.25) is 6.79 Å². The molecule has 194 valence electrons. The lowest BCUT2D eigenvalue weighted by molar-refractivity contribution is -0.124. The molecule has 0 fully saturated rings. The summed E-state index contributed by atoms with van der Waals surface area (Å²) in [5.74, 6) is 1.03. The van der Waals surface area contributed by atoms with Crippen LogP contribution in [0.25, 0.3) is 0 Å². The van der Waals surface area contributed by atoms with Crippen molar-refractivity contribution in [2.45, 2.75) is 32.0 Å². The summed E-state index contributed by atoms with van der Waals surface area (Å²) >= 11 is 0. The molecule has 0 saturated heterocycles. The molecule has 4 N–H and O–H groups in total. The number of fused-ring (bicyclic) bond motifs is 1. The predicted octanol–water partition coefficient (Wildman–Crippen LogP) is 3.32. The number of benzene rings is 2. The number of anilines is 1. The Bertz CT molecular complexity index is 1030. The highest BCUT2D eigenvalue weighted by molar-refractivity contribution is 5.86. The van der Waals surface area contributed by atoms with Gasteiger partial charge in [-0.05, 0) is 49.6 Å². The molecular formula is C25H30N2O9. The Morgan fingerprint density at radius 2 is 1.92 bits per heavy atom. The zero-order valence-electron chi connectivity index (χ0n) is 19.8. The maximum Gasteiger partial charge on any atom is 0.412 e. The van der Waals surface area contributed by atoms with E-state index in [2.05, 4.69) is 5.32 Å². The first-order valence-corrected chi connectivity index (χ1v) is 11.5. The van der Waals surface area contributed by atoms with E-state index < -0.39 is 24.2 Å². The topological polar surface area (TPSA) is 145 Å². The molecule has 1 heterocycles. The Morgan fingerprint density at radius 1 is 1.14 bits per heavy atom. The van der Waals surface area contributed by atoms with Crippen molar-refractivity contribution in [3.8, 4) is 17.2 Å². The van der Waals surface area contributed by atoms with E-state index in [1.165, 1.54) is 11.6 Å². The number of carbonyl (C=O) groups is 2. The SMILES string of the molecule is CCO[C@@H](CC/C=C/C(=O)NO)[C@@H](OC(=O)Nc1ccc2c(c1)OCO2)c1ccc(OCCO)cc1. The fraction of sp³-hybridized carbons (Fsp3) is 0.360. The van der Waals surface area contributed by atoms with Gasteiger partial charge in [0.25, 0.3) is 5.91 Å². The lowest BCUT2D eigenvalue weighted by atomic mass is 10.00. The Kier molecular flexibility index (Phi) is 10.4. The van der Waals surface area contributed by atoms with Crippen LogP contribution in [0.15, 0.2) is 54.6 Å². The molecule has 1 aliphatic rings. The second-order valence-corrected chi connectivity index (χ2v) is 7.61. The molecule has 11 heteroatoms. The highest BCUT2D eigenvalue weighted by Gasteiger charge is 2.28. The molecule has 0 aliphatic carbocycles. The molecule has 2 aromatic carbocycles. The number of aliphatic hydroxyl groups excluding tert-OH is 1. The Morgan fingerprint density at radius 3 is 2.64 bits per heavy atom. The van der Waals surface area contributed by atoms with Crippen LogP contribution in [0.3, 0.4) is 0 Å². The Hall–Kier alpha value is -3.80. The molecule has 3 rings (SSSR count). The number of aliphatic hydroxyl groups is 1. The number of hydrogen-bond acceptors (Lipinski definition) is 9. The molecule has 0 radical (unpaired) electrons. The van der Waals surface area contributed by atoms with Gasteiger partial charge in [-0.3, -0.25) is 15.3 Å². The number of hydroxylamine groups is 1. The third kappa shape index (κ3) is 7.87. The Balaban J connectivity index is 1.76. The van der Waals surface area contributed by atoms with E-state index in [0.29, 0.717) is 47.9 Å². The average Bonchev–Trinajstić information content (AvgIpc) is 3.36. The molecule has 2 amide bonds. The highest BCUT2D eigenvalue weighted by atomic mass is 16.7. The first-order chi connectivity index (χ1) is 17.5. The van der Waals surface area contributed by atoms with Crippen molar-refractivity contribution < 1.29 is 43.6 Å². The third-order valence-electron chi connectivity index (χ3n) is 5.14. The number of allylic oxidation sites excluding steroid dienone is 1. The van der Waals surface area contributed by atoms with Gasteiger partial charge in [-0.1, -0.05) is 18.2 Å². The van der Waals surface area contributed by atoms with E-state index >= 15 is 0 Å². The standard InChI is InChI=1S/C25H30N2O9/c1-2-32-21(5-3-4-6-23(29)27-31)24(17-7-10-19(11-8-17)33-14-13-28)36-25(30)26-18-9-12-20-22(15-18)35-16-34-20/h4,6-12,15,21,24,28,31H,2-3,5,13-14,16H2,1H3,(H,26,30)(H,27,29)/b6-4+/t21-,24-/m0/s1. The molecule has 2 atom stereocenters. The lowest BCUT2D eigenvalue weighted by Crippen LogP contribution is -2.29. The molecule has 36 heavy (non-hydrogen) atoms. The number of amides is 2. The molecule has 0 aromatic heterocycles. The predicted molar refractivity (Wildman–Crippen MR) is 128 cm³/mol. The summed E-state index contributed by atoms with van der Waals surface area (Å²) in [5, 5.41) is 20.3. The number of rotatable bonds is 13. The fourth-order valence-corrected chi connectivity index (χ4v) is 3.54. The van der Waals surface area contributed by atoms with Gasteiger partial charge in [0.05, 0.1) is 12.7 Å². The second-order valence-electron chi connectivity index (χ2n) is 7.61. The van der Waals surface area contributed by atoms with Crippen LogP contribution in [0.2, 0.25) is 0 Å². The number of nitrogens with one attached hydrogen (secondary N) is 2. The van der Waals surface area contributed by atoms with E-state index in [-0.39, 0.29) is 20.0 Å². The summed E-state index contributed by atoms with van der Waals surface area (Å²) in [5.41, 5.74) is 2.68. The van der Waals surface area contributed by atoms with Gasteiger partial charge in [-0.2, -0.15) is 0 Å². The maximum absolute atomic E-state index is 12.9. The highest BCUT2D eigenvalue weighted by Crippen LogP contribution is 2.35. The lowest BCUT2D eigenvalue weighted by Gasteiger charge is -2.27. The minimum Gasteiger partial charge on any atom is -0.491 e. The van der Waals surface area contributed by atoms with E-state index in [1.807, 2.05) is 6.92 Å². The van der Waals surface area contributed by atoms with Crippen molar-refractivity contribution in [3.63, 3.8) is 0 Å². The van der Waals surface area contributed by atoms with Crippen LogP contribution in [-0.4, -0.2) is 55.0 Å². The van der Waals surface area contributed by atoms with Crippen molar-refractivity contribution in [2.75, 3.05) is 31.9 Å². The van der Waals surface area contributed by atoms with Gasteiger partial charge >= 0.3 is 6.09 Å². The zero-order chi connectivity index (χ0) is 25.8. The van der Waals surface area contributed by atoms with Gasteiger partial charge in [0.1, 0.15) is 12.4 Å². The van der Waals surface area contributed by atoms with Crippen molar-refractivity contribution in [1.29, 1.82) is 0 Å². The smallest absolute Gasteiger partial charge is 0.412 e. The summed E-state index contributed by atoms with van der Waals surface area (Å²) in [4.78, 5) is 24.1. The van der Waals surface area contributed by atoms with Crippen LogP contribution in [0.5, 0.6) is 17.2 Å². The van der Waals surface area contributed by atoms with Crippen molar-refractivity contribution in [3.05, 3.63) is 60.2 Å². The molecule has 0 bridgehead atoms. The molecule has 1 aliphatic heterocycles. The Labute approximate surface area is 208 Å². The fourth-order valence-electron chi connectivity index (χ4n) is 3.54. The van der Waals surface area contributed by atoms with E-state index in [1.54, 1.807) is 48.5 Å². The van der Waals surface area contributed by atoms with Gasteiger partial charge < -0.3 is 28.8 Å². The molecule has 0 unspecified atom stereocenters. The summed E-state index contributed by atoms with van der Waals surface area (Å²) in [7, 11) is 0. The van der Waals surface area contributed by atoms with Crippen LogP contribution in [-0.2, 0) is 14.3 Å². The molecule has 2 aromatic rings. The van der Waals surface area contributed by atoms with Crippen LogP contribution in [0.4, 0.5) is 10.5 Å². The minimum atomic E-state index is -0.786. The van der Waals surface area contributed by atoms with Crippen molar-refractivity contribution >= 4 is 17.7 Å². The van der Waals surface area contributed by atoms with Crippen LogP contribution < -0.4 is 25.0 Å². The van der Waals surface area contributed by atoms with Gasteiger partial charge in [-0.15, -0.1) is 0 Å². The zero-order valence-corrected chi connectivity index (χ0v) is 19.8. The van der Waals surface area contributed by atoms with Crippen molar-refractivity contribution in [2.24, 2.45) is 0 Å². The molecule has 0 spiro atoms. The van der Waals surface area contributed by atoms with Gasteiger partial charge in [0.15, 0.2) is 17.6 Å².